The molecule has 1 aliphatic heterocycles. The van der Waals surface area contributed by atoms with Crippen LogP contribution in [0.25, 0.3) is 11.2 Å². The zero-order chi connectivity index (χ0) is 15.9. The molecule has 0 spiro atoms. The average Bonchev–Trinajstić information content (AvgIpc) is 3.31. The van der Waals surface area contributed by atoms with Gasteiger partial charge in [0.1, 0.15) is 6.33 Å². The van der Waals surface area contributed by atoms with E-state index in [1.54, 1.807) is 6.33 Å². The SMILES string of the molecule is c1ccc(Cn2nnc3c(N4CC(CC5CC5)C4)ncnc32)cc1. The first-order valence-corrected chi connectivity index (χ1v) is 8.70. The molecule has 2 fully saturated rings. The molecular formula is C18H20N6. The average molecular weight is 320 g/mol. The van der Waals surface area contributed by atoms with Crippen molar-refractivity contribution in [2.75, 3.05) is 18.0 Å². The van der Waals surface area contributed by atoms with Gasteiger partial charge in [0.05, 0.1) is 6.54 Å². The number of anilines is 1. The molecule has 6 heteroatoms. The predicted molar refractivity (Wildman–Crippen MR) is 91.7 cm³/mol. The summed E-state index contributed by atoms with van der Waals surface area (Å²) in [7, 11) is 0. The summed E-state index contributed by atoms with van der Waals surface area (Å²) in [6.07, 6.45) is 5.88. The summed E-state index contributed by atoms with van der Waals surface area (Å²) in [6, 6.07) is 10.3. The molecule has 0 bridgehead atoms. The molecule has 122 valence electrons. The lowest BCUT2D eigenvalue weighted by Crippen LogP contribution is -2.47. The molecule has 1 saturated heterocycles. The summed E-state index contributed by atoms with van der Waals surface area (Å²) in [5.41, 5.74) is 2.82. The van der Waals surface area contributed by atoms with Gasteiger partial charge in [-0.05, 0) is 23.8 Å². The van der Waals surface area contributed by atoms with Crippen LogP contribution < -0.4 is 4.90 Å². The topological polar surface area (TPSA) is 59.7 Å². The monoisotopic (exact) mass is 320 g/mol. The minimum Gasteiger partial charge on any atom is -0.354 e. The summed E-state index contributed by atoms with van der Waals surface area (Å²) in [4.78, 5) is 11.2. The molecule has 1 aliphatic carbocycles. The molecule has 3 aromatic rings. The van der Waals surface area contributed by atoms with Gasteiger partial charge in [-0.1, -0.05) is 48.4 Å². The van der Waals surface area contributed by atoms with Crippen LogP contribution in [0.4, 0.5) is 5.82 Å². The van der Waals surface area contributed by atoms with E-state index in [1.165, 1.54) is 24.8 Å². The van der Waals surface area contributed by atoms with Gasteiger partial charge >= 0.3 is 0 Å². The van der Waals surface area contributed by atoms with Crippen molar-refractivity contribution in [2.45, 2.75) is 25.8 Å². The van der Waals surface area contributed by atoms with Crippen LogP contribution in [0.5, 0.6) is 0 Å². The molecule has 6 nitrogen and oxygen atoms in total. The van der Waals surface area contributed by atoms with Crippen molar-refractivity contribution >= 4 is 17.0 Å². The van der Waals surface area contributed by atoms with Gasteiger partial charge in [0, 0.05) is 13.1 Å². The molecular weight excluding hydrogens is 300 g/mol. The van der Waals surface area contributed by atoms with Crippen LogP contribution in [-0.4, -0.2) is 38.1 Å². The molecule has 1 saturated carbocycles. The van der Waals surface area contributed by atoms with Crippen LogP contribution >= 0.6 is 0 Å². The van der Waals surface area contributed by atoms with Crippen molar-refractivity contribution in [3.63, 3.8) is 0 Å². The van der Waals surface area contributed by atoms with E-state index in [0.717, 1.165) is 41.9 Å². The van der Waals surface area contributed by atoms with Crippen molar-refractivity contribution < 1.29 is 0 Å². The number of benzene rings is 1. The fraction of sp³-hybridized carbons (Fsp3) is 0.444. The number of hydrogen-bond acceptors (Lipinski definition) is 5. The lowest BCUT2D eigenvalue weighted by molar-refractivity contribution is 0.364. The normalized spacial score (nSPS) is 18.1. The maximum atomic E-state index is 4.48. The van der Waals surface area contributed by atoms with Crippen LogP contribution in [0.3, 0.4) is 0 Å². The number of fused-ring (bicyclic) bond motifs is 1. The van der Waals surface area contributed by atoms with Gasteiger partial charge in [0.2, 0.25) is 0 Å². The number of nitrogens with zero attached hydrogens (tertiary/aromatic N) is 6. The highest BCUT2D eigenvalue weighted by Crippen LogP contribution is 2.39. The Morgan fingerprint density at radius 3 is 2.62 bits per heavy atom. The lowest BCUT2D eigenvalue weighted by atomic mass is 9.94. The summed E-state index contributed by atoms with van der Waals surface area (Å²) >= 11 is 0. The second-order valence-electron chi connectivity index (χ2n) is 7.05. The molecule has 2 aromatic heterocycles. The van der Waals surface area contributed by atoms with E-state index in [0.29, 0.717) is 6.54 Å². The second kappa shape index (κ2) is 5.54. The van der Waals surface area contributed by atoms with E-state index in [9.17, 15) is 0 Å². The van der Waals surface area contributed by atoms with Crippen molar-refractivity contribution in [2.24, 2.45) is 11.8 Å². The predicted octanol–water partition coefficient (Wildman–Crippen LogP) is 2.51. The van der Waals surface area contributed by atoms with E-state index < -0.39 is 0 Å². The number of rotatable bonds is 5. The van der Waals surface area contributed by atoms with Gasteiger partial charge < -0.3 is 4.90 Å². The Hall–Kier alpha value is -2.50. The Kier molecular flexibility index (Phi) is 3.21. The molecule has 0 unspecified atom stereocenters. The van der Waals surface area contributed by atoms with Crippen LogP contribution in [0, 0.1) is 11.8 Å². The smallest absolute Gasteiger partial charge is 0.184 e. The van der Waals surface area contributed by atoms with Gasteiger partial charge in [-0.15, -0.1) is 5.10 Å². The molecule has 3 heterocycles. The highest BCUT2D eigenvalue weighted by molar-refractivity contribution is 5.83. The van der Waals surface area contributed by atoms with Crippen LogP contribution in [0.15, 0.2) is 36.7 Å². The van der Waals surface area contributed by atoms with Gasteiger partial charge in [0.15, 0.2) is 17.0 Å². The molecule has 0 N–H and O–H groups in total. The van der Waals surface area contributed by atoms with Crippen molar-refractivity contribution in [1.82, 2.24) is 25.0 Å². The Morgan fingerprint density at radius 1 is 1.00 bits per heavy atom. The third-order valence-corrected chi connectivity index (χ3v) is 5.08. The molecule has 0 atom stereocenters. The molecule has 2 aliphatic rings. The van der Waals surface area contributed by atoms with Gasteiger partial charge in [0.25, 0.3) is 0 Å². The van der Waals surface area contributed by atoms with Gasteiger partial charge in [-0.25, -0.2) is 14.6 Å². The van der Waals surface area contributed by atoms with Gasteiger partial charge in [-0.2, -0.15) is 0 Å². The quantitative estimate of drug-likeness (QED) is 0.723. The van der Waals surface area contributed by atoms with Crippen LogP contribution in [-0.2, 0) is 6.54 Å². The largest absolute Gasteiger partial charge is 0.354 e. The minimum atomic E-state index is 0.679. The fourth-order valence-electron chi connectivity index (χ4n) is 3.59. The van der Waals surface area contributed by atoms with E-state index in [2.05, 4.69) is 37.3 Å². The Labute approximate surface area is 140 Å². The fourth-order valence-corrected chi connectivity index (χ4v) is 3.59. The zero-order valence-corrected chi connectivity index (χ0v) is 13.5. The highest BCUT2D eigenvalue weighted by Gasteiger charge is 2.34. The molecule has 1 aromatic carbocycles. The van der Waals surface area contributed by atoms with Crippen molar-refractivity contribution in [3.8, 4) is 0 Å². The summed E-state index contributed by atoms with van der Waals surface area (Å²) < 4.78 is 1.86. The van der Waals surface area contributed by atoms with E-state index in [1.807, 2.05) is 22.9 Å². The Balaban J connectivity index is 1.38. The maximum Gasteiger partial charge on any atom is 0.184 e. The first kappa shape index (κ1) is 13.9. The second-order valence-corrected chi connectivity index (χ2v) is 7.05. The first-order chi connectivity index (χ1) is 11.9. The Bertz CT molecular complexity index is 848. The third kappa shape index (κ3) is 2.52. The number of aromatic nitrogens is 5. The van der Waals surface area contributed by atoms with Gasteiger partial charge in [-0.3, -0.25) is 0 Å². The van der Waals surface area contributed by atoms with Crippen LogP contribution in [0.1, 0.15) is 24.8 Å². The van der Waals surface area contributed by atoms with E-state index >= 15 is 0 Å². The summed E-state index contributed by atoms with van der Waals surface area (Å²) in [5.74, 6) is 2.75. The number of hydrogen-bond donors (Lipinski definition) is 0. The van der Waals surface area contributed by atoms with Crippen LogP contribution in [0.2, 0.25) is 0 Å². The third-order valence-electron chi connectivity index (χ3n) is 5.08. The zero-order valence-electron chi connectivity index (χ0n) is 13.5. The highest BCUT2D eigenvalue weighted by atomic mass is 15.4. The molecule has 24 heavy (non-hydrogen) atoms. The molecule has 0 radical (unpaired) electrons. The lowest BCUT2D eigenvalue weighted by Gasteiger charge is -2.40. The summed E-state index contributed by atoms with van der Waals surface area (Å²) in [6.45, 7) is 2.86. The molecule has 5 rings (SSSR count). The van der Waals surface area contributed by atoms with Crippen molar-refractivity contribution in [3.05, 3.63) is 42.2 Å². The van der Waals surface area contributed by atoms with Crippen molar-refractivity contribution in [1.29, 1.82) is 0 Å². The molecule has 0 amide bonds. The Morgan fingerprint density at radius 2 is 1.83 bits per heavy atom. The first-order valence-electron chi connectivity index (χ1n) is 8.70. The standard InChI is InChI=1S/C18H20N6/c1-2-4-14(5-3-1)11-24-18-16(21-22-24)17(19-12-20-18)23-9-15(10-23)8-13-6-7-13/h1-5,12-13,15H,6-11H2. The van der Waals surface area contributed by atoms with E-state index in [4.69, 9.17) is 0 Å². The maximum absolute atomic E-state index is 4.48. The van der Waals surface area contributed by atoms with E-state index in [-0.39, 0.29) is 0 Å². The minimum absolute atomic E-state index is 0.679. The summed E-state index contributed by atoms with van der Waals surface area (Å²) in [5, 5.41) is 8.67.